The van der Waals surface area contributed by atoms with Gasteiger partial charge in [-0.15, -0.1) is 0 Å². The number of rotatable bonds is 1. The zero-order valence-electron chi connectivity index (χ0n) is 10.2. The van der Waals surface area contributed by atoms with Crippen molar-refractivity contribution < 1.29 is 13.2 Å². The summed E-state index contributed by atoms with van der Waals surface area (Å²) in [5.74, 6) is 5.37. The van der Waals surface area contributed by atoms with Crippen molar-refractivity contribution >= 4 is 39.2 Å². The van der Waals surface area contributed by atoms with Crippen molar-refractivity contribution in [3.05, 3.63) is 32.5 Å². The Balaban J connectivity index is 2.96. The Labute approximate surface area is 121 Å². The lowest BCUT2D eigenvalue weighted by Crippen LogP contribution is -2.16. The van der Waals surface area contributed by atoms with Crippen molar-refractivity contribution in [1.82, 2.24) is 4.98 Å². The minimum absolute atomic E-state index is 0.00288. The van der Waals surface area contributed by atoms with E-state index in [9.17, 15) is 13.2 Å². The maximum atomic E-state index is 13.0. The van der Waals surface area contributed by atoms with Gasteiger partial charge >= 0.3 is 6.18 Å². The Morgan fingerprint density at radius 3 is 2.37 bits per heavy atom. The number of nitrogens with two attached hydrogens (primary N) is 1. The van der Waals surface area contributed by atoms with Crippen molar-refractivity contribution in [3.63, 3.8) is 0 Å². The van der Waals surface area contributed by atoms with Gasteiger partial charge in [-0.1, -0.05) is 0 Å². The van der Waals surface area contributed by atoms with Gasteiger partial charge in [0.2, 0.25) is 0 Å². The molecule has 0 aliphatic heterocycles. The number of aromatic nitrogens is 1. The molecule has 19 heavy (non-hydrogen) atoms. The minimum atomic E-state index is -4.50. The molecule has 7 heteroatoms. The summed E-state index contributed by atoms with van der Waals surface area (Å²) in [5, 5.41) is 0.589. The van der Waals surface area contributed by atoms with Crippen molar-refractivity contribution in [2.45, 2.75) is 20.0 Å². The highest BCUT2D eigenvalue weighted by molar-refractivity contribution is 14.1. The zero-order chi connectivity index (χ0) is 14.4. The van der Waals surface area contributed by atoms with E-state index in [2.05, 4.69) is 33.0 Å². The number of hydrogen-bond acceptors (Lipinski definition) is 3. The monoisotopic (exact) mass is 381 g/mol. The normalized spacial score (nSPS) is 11.9. The van der Waals surface area contributed by atoms with Crippen molar-refractivity contribution in [1.29, 1.82) is 0 Å². The van der Waals surface area contributed by atoms with Crippen LogP contribution in [0.15, 0.2) is 12.1 Å². The number of aryl methyl sites for hydroxylation is 1. The number of hydrazine groups is 1. The third-order valence-electron chi connectivity index (χ3n) is 3.00. The van der Waals surface area contributed by atoms with E-state index in [0.717, 1.165) is 3.57 Å². The Hall–Kier alpha value is -1.09. The van der Waals surface area contributed by atoms with Gasteiger partial charge in [-0.3, -0.25) is 5.84 Å². The predicted molar refractivity (Wildman–Crippen MR) is 76.7 cm³/mol. The molecule has 2 aromatic rings. The number of alkyl halides is 3. The molecule has 0 radical (unpaired) electrons. The van der Waals surface area contributed by atoms with Crippen molar-refractivity contribution in [3.8, 4) is 0 Å². The lowest BCUT2D eigenvalue weighted by molar-refractivity contribution is -0.141. The molecule has 0 saturated heterocycles. The van der Waals surface area contributed by atoms with Crippen molar-refractivity contribution in [2.24, 2.45) is 5.84 Å². The number of fused-ring (bicyclic) bond motifs is 1. The summed E-state index contributed by atoms with van der Waals surface area (Å²) >= 11 is 2.06. The summed E-state index contributed by atoms with van der Waals surface area (Å²) in [4.78, 5) is 3.79. The van der Waals surface area contributed by atoms with Gasteiger partial charge in [0.25, 0.3) is 0 Å². The number of nitrogens with one attached hydrogen (secondary N) is 1. The topological polar surface area (TPSA) is 50.9 Å². The van der Waals surface area contributed by atoms with E-state index in [4.69, 9.17) is 5.84 Å². The quantitative estimate of drug-likeness (QED) is 0.449. The van der Waals surface area contributed by atoms with E-state index < -0.39 is 11.9 Å². The second kappa shape index (κ2) is 4.78. The molecule has 1 aromatic carbocycles. The van der Waals surface area contributed by atoms with Gasteiger partial charge in [0.1, 0.15) is 5.69 Å². The van der Waals surface area contributed by atoms with Gasteiger partial charge in [0.15, 0.2) is 0 Å². The van der Waals surface area contributed by atoms with Crippen LogP contribution >= 0.6 is 22.6 Å². The average Bonchev–Trinajstić information content (AvgIpc) is 2.32. The van der Waals surface area contributed by atoms with Gasteiger partial charge in [0, 0.05) is 14.5 Å². The molecule has 0 aliphatic carbocycles. The highest BCUT2D eigenvalue weighted by Gasteiger charge is 2.36. The van der Waals surface area contributed by atoms with Gasteiger partial charge in [-0.05, 0) is 54.1 Å². The van der Waals surface area contributed by atoms with Crippen LogP contribution in [0.4, 0.5) is 18.9 Å². The lowest BCUT2D eigenvalue weighted by atomic mass is 10.0. The second-order valence-electron chi connectivity index (χ2n) is 4.17. The SMILES string of the molecule is Cc1c(C(F)(F)F)nc2c(C)c(I)ccc2c1NN. The Morgan fingerprint density at radius 2 is 1.84 bits per heavy atom. The molecule has 0 bridgehead atoms. The maximum Gasteiger partial charge on any atom is 0.433 e. The molecule has 2 rings (SSSR count). The summed E-state index contributed by atoms with van der Waals surface area (Å²) in [6, 6.07) is 3.55. The largest absolute Gasteiger partial charge is 0.433 e. The molecule has 3 N–H and O–H groups in total. The van der Waals surface area contributed by atoms with E-state index in [1.807, 2.05) is 6.07 Å². The molecule has 0 aliphatic rings. The van der Waals surface area contributed by atoms with Crippen LogP contribution in [-0.4, -0.2) is 4.98 Å². The highest BCUT2D eigenvalue weighted by atomic mass is 127. The summed E-state index contributed by atoms with van der Waals surface area (Å²) in [7, 11) is 0. The zero-order valence-corrected chi connectivity index (χ0v) is 12.3. The Morgan fingerprint density at radius 1 is 1.21 bits per heavy atom. The standard InChI is InChI=1S/C12H11F3IN3/c1-5-8(16)4-3-7-9(5)18-11(12(13,14)15)6(2)10(7)19-17/h3-4H,17H2,1-2H3,(H,18,19). The summed E-state index contributed by atoms with van der Waals surface area (Å²) < 4.78 is 39.8. The molecule has 0 fully saturated rings. The molecule has 0 unspecified atom stereocenters. The molecule has 1 aromatic heterocycles. The van der Waals surface area contributed by atoms with Crippen molar-refractivity contribution in [2.75, 3.05) is 5.43 Å². The van der Waals surface area contributed by atoms with Gasteiger partial charge in [0.05, 0.1) is 11.2 Å². The average molecular weight is 381 g/mol. The van der Waals surface area contributed by atoms with Crippen LogP contribution in [0.1, 0.15) is 16.8 Å². The molecule has 3 nitrogen and oxygen atoms in total. The molecular weight excluding hydrogens is 370 g/mol. The minimum Gasteiger partial charge on any atom is -0.323 e. The molecule has 0 amide bonds. The third-order valence-corrected chi connectivity index (χ3v) is 4.17. The highest BCUT2D eigenvalue weighted by Crippen LogP contribution is 2.38. The number of pyridine rings is 1. The fraction of sp³-hybridized carbons (Fsp3) is 0.250. The number of anilines is 1. The summed E-state index contributed by atoms with van der Waals surface area (Å²) in [6.07, 6.45) is -4.50. The number of nitrogen functional groups attached to an aromatic ring is 1. The molecule has 0 spiro atoms. The molecule has 0 saturated carbocycles. The lowest BCUT2D eigenvalue weighted by Gasteiger charge is -2.17. The number of halogens is 4. The predicted octanol–water partition coefficient (Wildman–Crippen LogP) is 3.76. The van der Waals surface area contributed by atoms with Crippen LogP contribution in [0.25, 0.3) is 10.9 Å². The van der Waals surface area contributed by atoms with E-state index in [-0.39, 0.29) is 11.3 Å². The molecular formula is C12H11F3IN3. The number of nitrogens with zero attached hydrogens (tertiary/aromatic N) is 1. The first-order valence-electron chi connectivity index (χ1n) is 5.40. The molecule has 1 heterocycles. The van der Waals surface area contributed by atoms with Crippen LogP contribution in [0.3, 0.4) is 0 Å². The maximum absolute atomic E-state index is 13.0. The van der Waals surface area contributed by atoms with E-state index in [0.29, 0.717) is 16.5 Å². The second-order valence-corrected chi connectivity index (χ2v) is 5.33. The van der Waals surface area contributed by atoms with Gasteiger partial charge < -0.3 is 5.43 Å². The van der Waals surface area contributed by atoms with Crippen LogP contribution in [0, 0.1) is 17.4 Å². The van der Waals surface area contributed by atoms with Gasteiger partial charge in [-0.2, -0.15) is 13.2 Å². The van der Waals surface area contributed by atoms with E-state index >= 15 is 0 Å². The van der Waals surface area contributed by atoms with Gasteiger partial charge in [-0.25, -0.2) is 4.98 Å². The van der Waals surface area contributed by atoms with Crippen LogP contribution in [0.5, 0.6) is 0 Å². The van der Waals surface area contributed by atoms with Crippen LogP contribution in [0.2, 0.25) is 0 Å². The number of benzene rings is 1. The fourth-order valence-electron chi connectivity index (χ4n) is 2.00. The third kappa shape index (κ3) is 2.36. The molecule has 0 atom stereocenters. The van der Waals surface area contributed by atoms with E-state index in [1.54, 1.807) is 13.0 Å². The first kappa shape index (κ1) is 14.3. The number of hydrogen-bond donors (Lipinski definition) is 2. The van der Waals surface area contributed by atoms with Crippen LogP contribution in [-0.2, 0) is 6.18 Å². The Bertz CT molecular complexity index is 653. The first-order chi connectivity index (χ1) is 8.77. The van der Waals surface area contributed by atoms with E-state index in [1.165, 1.54) is 6.92 Å². The molecule has 102 valence electrons. The smallest absolute Gasteiger partial charge is 0.323 e. The summed E-state index contributed by atoms with van der Waals surface area (Å²) in [5.41, 5.74) is 2.74. The summed E-state index contributed by atoms with van der Waals surface area (Å²) in [6.45, 7) is 3.10. The fourth-order valence-corrected chi connectivity index (χ4v) is 2.43. The Kier molecular flexibility index (Phi) is 3.61. The van der Waals surface area contributed by atoms with Crippen LogP contribution < -0.4 is 11.3 Å². The first-order valence-corrected chi connectivity index (χ1v) is 6.48.